The zero-order valence-corrected chi connectivity index (χ0v) is 16.2. The number of pyridine rings is 1. The van der Waals surface area contributed by atoms with E-state index in [2.05, 4.69) is 25.5 Å². The Morgan fingerprint density at radius 1 is 1.33 bits per heavy atom. The van der Waals surface area contributed by atoms with Crippen LogP contribution >= 0.6 is 27.3 Å². The van der Waals surface area contributed by atoms with Crippen molar-refractivity contribution in [1.29, 1.82) is 0 Å². The van der Waals surface area contributed by atoms with E-state index in [4.69, 9.17) is 0 Å². The van der Waals surface area contributed by atoms with Crippen molar-refractivity contribution < 1.29 is 4.79 Å². The van der Waals surface area contributed by atoms with Crippen LogP contribution in [0.25, 0.3) is 5.69 Å². The van der Waals surface area contributed by atoms with Crippen LogP contribution in [0, 0.1) is 13.8 Å². The van der Waals surface area contributed by atoms with Gasteiger partial charge in [-0.3, -0.25) is 9.78 Å². The first-order valence-corrected chi connectivity index (χ1v) is 9.17. The van der Waals surface area contributed by atoms with Crippen LogP contribution in [0.4, 0.5) is 0 Å². The number of halogens is 1. The molecule has 0 unspecified atom stereocenters. The molecule has 3 rings (SSSR count). The van der Waals surface area contributed by atoms with Gasteiger partial charge < -0.3 is 9.47 Å². The summed E-state index contributed by atoms with van der Waals surface area (Å²) in [4.78, 5) is 19.9. The van der Waals surface area contributed by atoms with Crippen LogP contribution < -0.4 is 0 Å². The number of carbonyl (C=O) groups is 1. The average molecular weight is 404 g/mol. The molecule has 0 radical (unpaired) electrons. The standard InChI is InChI=1S/C18H18BrN3OS/c1-12-9-16(13(2)22(12)14-5-4-8-20-10-14)18(23)21(3)11-15-6-7-17(19)24-15/h4-10H,11H2,1-3H3. The van der Waals surface area contributed by atoms with Gasteiger partial charge in [-0.1, -0.05) is 0 Å². The van der Waals surface area contributed by atoms with Crippen LogP contribution in [-0.2, 0) is 6.54 Å². The number of rotatable bonds is 4. The van der Waals surface area contributed by atoms with Crippen LogP contribution in [0.2, 0.25) is 0 Å². The second-order valence-electron chi connectivity index (χ2n) is 5.70. The molecule has 0 saturated carbocycles. The van der Waals surface area contributed by atoms with Gasteiger partial charge in [0.25, 0.3) is 5.91 Å². The number of aromatic nitrogens is 2. The van der Waals surface area contributed by atoms with Gasteiger partial charge in [0.05, 0.1) is 27.8 Å². The molecular formula is C18H18BrN3OS. The SMILES string of the molecule is Cc1cc(C(=O)N(C)Cc2ccc(Br)s2)c(C)n1-c1cccnc1. The fourth-order valence-corrected chi connectivity index (χ4v) is 4.35. The Morgan fingerprint density at radius 2 is 2.12 bits per heavy atom. The lowest BCUT2D eigenvalue weighted by Gasteiger charge is -2.16. The highest BCUT2D eigenvalue weighted by atomic mass is 79.9. The van der Waals surface area contributed by atoms with Crippen molar-refractivity contribution in [1.82, 2.24) is 14.5 Å². The molecular weight excluding hydrogens is 386 g/mol. The Balaban J connectivity index is 1.88. The molecule has 24 heavy (non-hydrogen) atoms. The largest absolute Gasteiger partial charge is 0.337 e. The number of carbonyl (C=O) groups excluding carboxylic acids is 1. The predicted molar refractivity (Wildman–Crippen MR) is 101 cm³/mol. The Labute approximate surface area is 153 Å². The molecule has 0 aliphatic heterocycles. The van der Waals surface area contributed by atoms with Gasteiger partial charge in [0.2, 0.25) is 0 Å². The van der Waals surface area contributed by atoms with Gasteiger partial charge in [0, 0.05) is 29.5 Å². The summed E-state index contributed by atoms with van der Waals surface area (Å²) < 4.78 is 3.14. The topological polar surface area (TPSA) is 38.1 Å². The smallest absolute Gasteiger partial charge is 0.255 e. The van der Waals surface area contributed by atoms with E-state index < -0.39 is 0 Å². The minimum Gasteiger partial charge on any atom is -0.337 e. The molecule has 0 aliphatic rings. The van der Waals surface area contributed by atoms with Crippen molar-refractivity contribution in [3.63, 3.8) is 0 Å². The van der Waals surface area contributed by atoms with Crippen molar-refractivity contribution in [2.45, 2.75) is 20.4 Å². The number of aryl methyl sites for hydroxylation is 1. The number of hydrogen-bond acceptors (Lipinski definition) is 3. The molecule has 0 spiro atoms. The molecule has 3 aromatic rings. The molecule has 0 aliphatic carbocycles. The van der Waals surface area contributed by atoms with E-state index in [1.165, 1.54) is 0 Å². The van der Waals surface area contributed by atoms with Gasteiger partial charge in [-0.15, -0.1) is 11.3 Å². The van der Waals surface area contributed by atoms with Crippen molar-refractivity contribution in [3.8, 4) is 5.69 Å². The second kappa shape index (κ2) is 6.91. The molecule has 6 heteroatoms. The van der Waals surface area contributed by atoms with Crippen molar-refractivity contribution >= 4 is 33.2 Å². The summed E-state index contributed by atoms with van der Waals surface area (Å²) in [6.07, 6.45) is 3.55. The molecule has 3 aromatic heterocycles. The van der Waals surface area contributed by atoms with Crippen LogP contribution in [-0.4, -0.2) is 27.4 Å². The fourth-order valence-electron chi connectivity index (χ4n) is 2.81. The molecule has 4 nitrogen and oxygen atoms in total. The third-order valence-corrected chi connectivity index (χ3v) is 5.54. The van der Waals surface area contributed by atoms with Crippen LogP contribution in [0.3, 0.4) is 0 Å². The molecule has 0 fully saturated rings. The van der Waals surface area contributed by atoms with Gasteiger partial charge in [-0.05, 0) is 60.1 Å². The molecule has 0 bridgehead atoms. The fraction of sp³-hybridized carbons (Fsp3) is 0.222. The van der Waals surface area contributed by atoms with Crippen molar-refractivity contribution in [2.75, 3.05) is 7.05 Å². The van der Waals surface area contributed by atoms with E-state index >= 15 is 0 Å². The lowest BCUT2D eigenvalue weighted by atomic mass is 10.2. The first-order chi connectivity index (χ1) is 11.5. The van der Waals surface area contributed by atoms with Crippen molar-refractivity contribution in [3.05, 3.63) is 68.3 Å². The molecule has 0 saturated heterocycles. The van der Waals surface area contributed by atoms with Crippen LogP contribution in [0.5, 0.6) is 0 Å². The molecule has 0 aromatic carbocycles. The van der Waals surface area contributed by atoms with Crippen LogP contribution in [0.1, 0.15) is 26.6 Å². The van der Waals surface area contributed by atoms with Crippen LogP contribution in [0.15, 0.2) is 46.5 Å². The number of amides is 1. The quantitative estimate of drug-likeness (QED) is 0.638. The summed E-state index contributed by atoms with van der Waals surface area (Å²) in [5.41, 5.74) is 3.66. The highest BCUT2D eigenvalue weighted by Gasteiger charge is 2.20. The van der Waals surface area contributed by atoms with Gasteiger partial charge in [0.1, 0.15) is 0 Å². The van der Waals surface area contributed by atoms with E-state index in [1.807, 2.05) is 51.2 Å². The second-order valence-corrected chi connectivity index (χ2v) is 8.25. The normalized spacial score (nSPS) is 10.8. The summed E-state index contributed by atoms with van der Waals surface area (Å²) in [6, 6.07) is 9.89. The minimum absolute atomic E-state index is 0.0303. The van der Waals surface area contributed by atoms with Crippen molar-refractivity contribution in [2.24, 2.45) is 0 Å². The summed E-state index contributed by atoms with van der Waals surface area (Å²) in [5.74, 6) is 0.0303. The Kier molecular flexibility index (Phi) is 4.87. The first-order valence-electron chi connectivity index (χ1n) is 7.56. The predicted octanol–water partition coefficient (Wildman–Crippen LogP) is 4.59. The summed E-state index contributed by atoms with van der Waals surface area (Å²) in [5, 5.41) is 0. The van der Waals surface area contributed by atoms with E-state index in [1.54, 1.807) is 28.6 Å². The zero-order valence-electron chi connectivity index (χ0n) is 13.8. The monoisotopic (exact) mass is 403 g/mol. The van der Waals surface area contributed by atoms with E-state index in [0.717, 1.165) is 31.3 Å². The summed E-state index contributed by atoms with van der Waals surface area (Å²) >= 11 is 5.11. The highest BCUT2D eigenvalue weighted by Crippen LogP contribution is 2.25. The van der Waals surface area contributed by atoms with Gasteiger partial charge in [-0.2, -0.15) is 0 Å². The number of thiophene rings is 1. The Bertz CT molecular complexity index is 870. The van der Waals surface area contributed by atoms with Gasteiger partial charge in [0.15, 0.2) is 0 Å². The maximum atomic E-state index is 12.9. The highest BCUT2D eigenvalue weighted by molar-refractivity contribution is 9.11. The molecule has 3 heterocycles. The van der Waals surface area contributed by atoms with Gasteiger partial charge in [-0.25, -0.2) is 0 Å². The van der Waals surface area contributed by atoms with E-state index in [0.29, 0.717) is 6.54 Å². The third-order valence-electron chi connectivity index (χ3n) is 3.93. The Morgan fingerprint density at radius 3 is 2.75 bits per heavy atom. The summed E-state index contributed by atoms with van der Waals surface area (Å²) in [6.45, 7) is 4.58. The zero-order chi connectivity index (χ0) is 17.3. The Hall–Kier alpha value is -1.92. The first kappa shape index (κ1) is 16.9. The molecule has 0 atom stereocenters. The molecule has 124 valence electrons. The van der Waals surface area contributed by atoms with Gasteiger partial charge >= 0.3 is 0 Å². The third kappa shape index (κ3) is 3.30. The number of hydrogen-bond donors (Lipinski definition) is 0. The minimum atomic E-state index is 0.0303. The summed E-state index contributed by atoms with van der Waals surface area (Å²) in [7, 11) is 1.84. The maximum Gasteiger partial charge on any atom is 0.255 e. The molecule has 0 N–H and O–H groups in total. The average Bonchev–Trinajstić information content (AvgIpc) is 3.10. The maximum absolute atomic E-state index is 12.9. The van der Waals surface area contributed by atoms with E-state index in [-0.39, 0.29) is 5.91 Å². The lowest BCUT2D eigenvalue weighted by Crippen LogP contribution is -2.26. The lowest BCUT2D eigenvalue weighted by molar-refractivity contribution is 0.0786. The molecule has 1 amide bonds. The number of nitrogens with zero attached hydrogens (tertiary/aromatic N) is 3. The van der Waals surface area contributed by atoms with E-state index in [9.17, 15) is 4.79 Å².